The van der Waals surface area contributed by atoms with Gasteiger partial charge in [-0.05, 0) is 41.5 Å². The molecule has 1 aliphatic rings. The first kappa shape index (κ1) is 17.0. The van der Waals surface area contributed by atoms with Gasteiger partial charge in [-0.2, -0.15) is 0 Å². The maximum atomic E-state index is 13.4. The zero-order chi connectivity index (χ0) is 18.8. The molecule has 2 amide bonds. The van der Waals surface area contributed by atoms with Gasteiger partial charge in [0, 0.05) is 18.7 Å². The van der Waals surface area contributed by atoms with Crippen LogP contribution in [0.5, 0.6) is 0 Å². The van der Waals surface area contributed by atoms with E-state index >= 15 is 0 Å². The van der Waals surface area contributed by atoms with Crippen molar-refractivity contribution in [3.8, 4) is 0 Å². The van der Waals surface area contributed by atoms with E-state index in [-0.39, 0.29) is 17.6 Å². The minimum absolute atomic E-state index is 0.179. The van der Waals surface area contributed by atoms with Crippen LogP contribution in [-0.2, 0) is 17.8 Å². The number of fused-ring (bicyclic) bond motifs is 1. The molecule has 1 aliphatic heterocycles. The maximum Gasteiger partial charge on any atom is 0.290 e. The molecule has 0 radical (unpaired) electrons. The first-order valence-corrected chi connectivity index (χ1v) is 8.59. The molecule has 0 saturated carbocycles. The third-order valence-corrected chi connectivity index (χ3v) is 4.64. The summed E-state index contributed by atoms with van der Waals surface area (Å²) in [4.78, 5) is 27.3. The summed E-state index contributed by atoms with van der Waals surface area (Å²) in [6.45, 7) is 0.303. The van der Waals surface area contributed by atoms with Gasteiger partial charge in [-0.25, -0.2) is 4.39 Å². The predicted octanol–water partition coefficient (Wildman–Crippen LogP) is 3.62. The molecule has 0 spiro atoms. The summed E-state index contributed by atoms with van der Waals surface area (Å²) in [5.74, 6) is -0.979. The number of hydrogen-bond donors (Lipinski definition) is 1. The maximum absolute atomic E-state index is 13.4. The molecule has 6 heteroatoms. The highest BCUT2D eigenvalue weighted by Crippen LogP contribution is 2.26. The summed E-state index contributed by atoms with van der Waals surface area (Å²) in [7, 11) is 0. The Morgan fingerprint density at radius 2 is 1.85 bits per heavy atom. The molecule has 1 N–H and O–H groups in total. The molecule has 136 valence electrons. The number of amides is 2. The van der Waals surface area contributed by atoms with E-state index in [0.29, 0.717) is 18.7 Å². The number of rotatable bonds is 3. The van der Waals surface area contributed by atoms with Crippen LogP contribution >= 0.6 is 0 Å². The van der Waals surface area contributed by atoms with Crippen molar-refractivity contribution in [2.45, 2.75) is 19.0 Å². The number of carbonyl (C=O) groups excluding carboxylic acids is 2. The van der Waals surface area contributed by atoms with Crippen molar-refractivity contribution in [2.75, 3.05) is 5.32 Å². The molecular weight excluding hydrogens is 347 g/mol. The van der Waals surface area contributed by atoms with Crippen molar-refractivity contribution in [3.63, 3.8) is 0 Å². The average Bonchev–Trinajstić information content (AvgIpc) is 3.21. The van der Waals surface area contributed by atoms with Crippen LogP contribution in [0.3, 0.4) is 0 Å². The van der Waals surface area contributed by atoms with Crippen LogP contribution in [-0.4, -0.2) is 22.8 Å². The fourth-order valence-corrected chi connectivity index (χ4v) is 3.30. The SMILES string of the molecule is O=C(Nc1cccc(F)c1)C1Cc2ccccc2CN1C(=O)c1ccco1. The average molecular weight is 364 g/mol. The van der Waals surface area contributed by atoms with Gasteiger partial charge in [0.15, 0.2) is 5.76 Å². The largest absolute Gasteiger partial charge is 0.459 e. The van der Waals surface area contributed by atoms with Crippen molar-refractivity contribution >= 4 is 17.5 Å². The van der Waals surface area contributed by atoms with E-state index in [0.717, 1.165) is 11.1 Å². The zero-order valence-electron chi connectivity index (χ0n) is 14.4. The van der Waals surface area contributed by atoms with Gasteiger partial charge >= 0.3 is 0 Å². The molecule has 0 saturated heterocycles. The van der Waals surface area contributed by atoms with Crippen LogP contribution < -0.4 is 5.32 Å². The van der Waals surface area contributed by atoms with Gasteiger partial charge in [-0.1, -0.05) is 30.3 Å². The van der Waals surface area contributed by atoms with E-state index in [9.17, 15) is 14.0 Å². The predicted molar refractivity (Wildman–Crippen MR) is 97.5 cm³/mol. The van der Waals surface area contributed by atoms with Gasteiger partial charge in [0.25, 0.3) is 5.91 Å². The third kappa shape index (κ3) is 3.46. The molecule has 0 bridgehead atoms. The minimum Gasteiger partial charge on any atom is -0.459 e. The van der Waals surface area contributed by atoms with Crippen LogP contribution in [0, 0.1) is 5.82 Å². The van der Waals surface area contributed by atoms with E-state index in [4.69, 9.17) is 4.42 Å². The van der Waals surface area contributed by atoms with E-state index in [1.807, 2.05) is 24.3 Å². The first-order chi connectivity index (χ1) is 13.1. The lowest BCUT2D eigenvalue weighted by Crippen LogP contribution is -2.50. The highest BCUT2D eigenvalue weighted by Gasteiger charge is 2.36. The lowest BCUT2D eigenvalue weighted by Gasteiger charge is -2.35. The van der Waals surface area contributed by atoms with E-state index in [1.54, 1.807) is 18.2 Å². The highest BCUT2D eigenvalue weighted by atomic mass is 19.1. The van der Waals surface area contributed by atoms with Crippen LogP contribution in [0.15, 0.2) is 71.3 Å². The van der Waals surface area contributed by atoms with Crippen LogP contribution in [0.2, 0.25) is 0 Å². The van der Waals surface area contributed by atoms with Crippen LogP contribution in [0.4, 0.5) is 10.1 Å². The number of nitrogens with one attached hydrogen (secondary N) is 1. The number of benzene rings is 2. The van der Waals surface area contributed by atoms with Gasteiger partial charge in [0.05, 0.1) is 6.26 Å². The Kier molecular flexibility index (Phi) is 4.46. The Morgan fingerprint density at radius 1 is 1.04 bits per heavy atom. The molecule has 1 unspecified atom stereocenters. The zero-order valence-corrected chi connectivity index (χ0v) is 14.4. The molecule has 2 heterocycles. The smallest absolute Gasteiger partial charge is 0.290 e. The fraction of sp³-hybridized carbons (Fsp3) is 0.143. The summed E-state index contributed by atoms with van der Waals surface area (Å²) in [5.41, 5.74) is 2.36. The quantitative estimate of drug-likeness (QED) is 0.772. The molecule has 0 fully saturated rings. The van der Waals surface area contributed by atoms with Gasteiger partial charge in [-0.15, -0.1) is 0 Å². The Bertz CT molecular complexity index is 985. The number of furan rings is 1. The molecule has 0 aliphatic carbocycles. The molecule has 2 aromatic carbocycles. The second kappa shape index (κ2) is 7.07. The first-order valence-electron chi connectivity index (χ1n) is 8.59. The minimum atomic E-state index is -0.722. The van der Waals surface area contributed by atoms with Crippen LogP contribution in [0.25, 0.3) is 0 Å². The topological polar surface area (TPSA) is 62.6 Å². The lowest BCUT2D eigenvalue weighted by atomic mass is 9.93. The van der Waals surface area contributed by atoms with Crippen molar-refractivity contribution in [3.05, 3.63) is 89.6 Å². The summed E-state index contributed by atoms with van der Waals surface area (Å²) in [5, 5.41) is 2.71. The fourth-order valence-electron chi connectivity index (χ4n) is 3.30. The van der Waals surface area contributed by atoms with Gasteiger partial charge in [0.2, 0.25) is 5.91 Å². The Hall–Kier alpha value is -3.41. The van der Waals surface area contributed by atoms with Gasteiger partial charge in [-0.3, -0.25) is 9.59 Å². The molecule has 3 aromatic rings. The van der Waals surface area contributed by atoms with E-state index in [2.05, 4.69) is 5.32 Å². The highest BCUT2D eigenvalue weighted by molar-refractivity contribution is 6.00. The number of halogens is 1. The second-order valence-electron chi connectivity index (χ2n) is 6.40. The normalized spacial score (nSPS) is 15.9. The summed E-state index contributed by atoms with van der Waals surface area (Å²) < 4.78 is 18.6. The van der Waals surface area contributed by atoms with Crippen molar-refractivity contribution in [2.24, 2.45) is 0 Å². The van der Waals surface area contributed by atoms with Crippen LogP contribution in [0.1, 0.15) is 21.7 Å². The molecule has 5 nitrogen and oxygen atoms in total. The van der Waals surface area contributed by atoms with Crippen molar-refractivity contribution < 1.29 is 18.4 Å². The number of nitrogens with zero attached hydrogens (tertiary/aromatic N) is 1. The molecule has 27 heavy (non-hydrogen) atoms. The van der Waals surface area contributed by atoms with E-state index < -0.39 is 11.9 Å². The number of carbonyl (C=O) groups is 2. The Balaban J connectivity index is 1.64. The molecule has 4 rings (SSSR count). The molecular formula is C21H17FN2O3. The third-order valence-electron chi connectivity index (χ3n) is 4.64. The van der Waals surface area contributed by atoms with Gasteiger partial charge < -0.3 is 14.6 Å². The second-order valence-corrected chi connectivity index (χ2v) is 6.40. The summed E-state index contributed by atoms with van der Waals surface area (Å²) in [6.07, 6.45) is 1.80. The van der Waals surface area contributed by atoms with Gasteiger partial charge in [0.1, 0.15) is 11.9 Å². The van der Waals surface area contributed by atoms with E-state index in [1.165, 1.54) is 29.4 Å². The van der Waals surface area contributed by atoms with Crippen molar-refractivity contribution in [1.29, 1.82) is 0 Å². The standard InChI is InChI=1S/C21H17FN2O3/c22-16-7-3-8-17(12-16)23-20(25)18-11-14-5-1-2-6-15(14)13-24(18)21(26)19-9-4-10-27-19/h1-10,12,18H,11,13H2,(H,23,25). The Labute approximate surface area is 155 Å². The summed E-state index contributed by atoms with van der Waals surface area (Å²) in [6, 6.07) is 15.9. The molecule has 1 aromatic heterocycles. The number of hydrogen-bond acceptors (Lipinski definition) is 3. The summed E-state index contributed by atoms with van der Waals surface area (Å²) >= 11 is 0. The van der Waals surface area contributed by atoms with Crippen molar-refractivity contribution in [1.82, 2.24) is 4.90 Å². The Morgan fingerprint density at radius 3 is 2.59 bits per heavy atom. The molecule has 1 atom stereocenters. The lowest BCUT2D eigenvalue weighted by molar-refractivity contribution is -0.121. The monoisotopic (exact) mass is 364 g/mol. The number of anilines is 1.